The third-order valence-electron chi connectivity index (χ3n) is 3.87. The van der Waals surface area contributed by atoms with E-state index in [0.29, 0.717) is 25.3 Å². The summed E-state index contributed by atoms with van der Waals surface area (Å²) in [6.45, 7) is 0.818. The van der Waals surface area contributed by atoms with Gasteiger partial charge < -0.3 is 9.47 Å². The van der Waals surface area contributed by atoms with Crippen molar-refractivity contribution in [2.24, 2.45) is 7.05 Å². The number of hydrogen-bond acceptors (Lipinski definition) is 5. The van der Waals surface area contributed by atoms with Gasteiger partial charge in [-0.2, -0.15) is 13.2 Å². The molecule has 0 saturated carbocycles. The van der Waals surface area contributed by atoms with Crippen molar-refractivity contribution < 1.29 is 21.6 Å². The van der Waals surface area contributed by atoms with Gasteiger partial charge in [-0.1, -0.05) is 0 Å². The number of nitrogens with one attached hydrogen (secondary N) is 1. The van der Waals surface area contributed by atoms with Gasteiger partial charge in [0, 0.05) is 38.6 Å². The summed E-state index contributed by atoms with van der Waals surface area (Å²) in [5, 5.41) is -0.0684. The number of aryl methyl sites for hydroxylation is 1. The molecule has 11 heteroatoms. The van der Waals surface area contributed by atoms with Crippen LogP contribution in [0.4, 0.5) is 19.0 Å². The first kappa shape index (κ1) is 17.7. The molecule has 1 unspecified atom stereocenters. The Labute approximate surface area is 142 Å². The zero-order chi connectivity index (χ0) is 18.2. The average molecular weight is 375 g/mol. The van der Waals surface area contributed by atoms with Crippen molar-refractivity contribution in [3.63, 3.8) is 0 Å². The molecule has 0 bridgehead atoms. The molecule has 1 atom stereocenters. The Morgan fingerprint density at radius 1 is 1.28 bits per heavy atom. The van der Waals surface area contributed by atoms with Gasteiger partial charge in [0.1, 0.15) is 5.82 Å². The normalized spacial score (nSPS) is 18.7. The van der Waals surface area contributed by atoms with Crippen LogP contribution in [0.15, 0.2) is 35.9 Å². The number of pyridine rings is 1. The van der Waals surface area contributed by atoms with Crippen LogP contribution in [-0.2, 0) is 23.2 Å². The van der Waals surface area contributed by atoms with E-state index in [9.17, 15) is 21.6 Å². The fourth-order valence-corrected chi connectivity index (χ4v) is 3.86. The van der Waals surface area contributed by atoms with Gasteiger partial charge in [0.15, 0.2) is 5.03 Å². The molecule has 1 saturated heterocycles. The third-order valence-corrected chi connectivity index (χ3v) is 5.27. The van der Waals surface area contributed by atoms with Gasteiger partial charge in [-0.05, 0) is 18.6 Å². The molecule has 2 aromatic rings. The molecule has 3 heterocycles. The van der Waals surface area contributed by atoms with Crippen LogP contribution in [0.25, 0.3) is 0 Å². The number of alkyl halides is 3. The molecule has 2 aromatic heterocycles. The minimum Gasteiger partial charge on any atom is -0.355 e. The summed E-state index contributed by atoms with van der Waals surface area (Å²) in [6, 6.07) is 1.89. The van der Waals surface area contributed by atoms with Gasteiger partial charge >= 0.3 is 6.18 Å². The van der Waals surface area contributed by atoms with E-state index in [1.807, 2.05) is 0 Å². The van der Waals surface area contributed by atoms with Crippen LogP contribution in [0.2, 0.25) is 0 Å². The Hall–Kier alpha value is -2.14. The second-order valence-corrected chi connectivity index (χ2v) is 7.49. The Bertz CT molecular complexity index is 848. The number of nitrogens with zero attached hydrogens (tertiary/aromatic N) is 4. The molecule has 136 valence electrons. The van der Waals surface area contributed by atoms with Crippen LogP contribution in [0.1, 0.15) is 12.0 Å². The summed E-state index contributed by atoms with van der Waals surface area (Å²) in [4.78, 5) is 9.39. The number of sulfonamides is 1. The molecule has 1 fully saturated rings. The minimum absolute atomic E-state index is 0.0684. The van der Waals surface area contributed by atoms with E-state index >= 15 is 0 Å². The van der Waals surface area contributed by atoms with Crippen LogP contribution >= 0.6 is 0 Å². The summed E-state index contributed by atoms with van der Waals surface area (Å²) >= 11 is 0. The largest absolute Gasteiger partial charge is 0.417 e. The highest BCUT2D eigenvalue weighted by atomic mass is 32.2. The number of rotatable bonds is 4. The lowest BCUT2D eigenvalue weighted by atomic mass is 10.3. The van der Waals surface area contributed by atoms with Gasteiger partial charge in [0.25, 0.3) is 10.0 Å². The highest BCUT2D eigenvalue weighted by molar-refractivity contribution is 7.89. The number of halogens is 3. The van der Waals surface area contributed by atoms with Crippen molar-refractivity contribution >= 4 is 15.8 Å². The van der Waals surface area contributed by atoms with Crippen molar-refractivity contribution in [2.75, 3.05) is 18.0 Å². The van der Waals surface area contributed by atoms with Gasteiger partial charge in [0.2, 0.25) is 0 Å². The van der Waals surface area contributed by atoms with Crippen molar-refractivity contribution in [1.82, 2.24) is 19.3 Å². The van der Waals surface area contributed by atoms with Crippen LogP contribution in [0.3, 0.4) is 0 Å². The fourth-order valence-electron chi connectivity index (χ4n) is 2.61. The molecule has 0 aromatic carbocycles. The number of aromatic nitrogens is 3. The highest BCUT2D eigenvalue weighted by Gasteiger charge is 2.32. The first-order valence-corrected chi connectivity index (χ1v) is 8.92. The monoisotopic (exact) mass is 375 g/mol. The zero-order valence-corrected chi connectivity index (χ0v) is 14.0. The van der Waals surface area contributed by atoms with E-state index in [0.717, 1.165) is 12.3 Å². The molecule has 0 amide bonds. The van der Waals surface area contributed by atoms with Gasteiger partial charge in [-0.25, -0.2) is 23.1 Å². The van der Waals surface area contributed by atoms with Gasteiger partial charge in [0.05, 0.1) is 11.9 Å². The maximum Gasteiger partial charge on any atom is 0.417 e. The van der Waals surface area contributed by atoms with Gasteiger partial charge in [-0.3, -0.25) is 0 Å². The standard InChI is InChI=1S/C14H16F3N5O2S/c1-21-8-13(19-9-21)25(23,24)20-11-4-5-22(7-11)12-3-2-10(6-18-12)14(15,16)17/h2-3,6,8-9,11,20H,4-5,7H2,1H3. The minimum atomic E-state index is -4.43. The first-order valence-electron chi connectivity index (χ1n) is 7.44. The predicted octanol–water partition coefficient (Wildman–Crippen LogP) is 1.39. The van der Waals surface area contributed by atoms with Crippen LogP contribution in [0, 0.1) is 0 Å². The molecule has 25 heavy (non-hydrogen) atoms. The first-order chi connectivity index (χ1) is 11.6. The molecular formula is C14H16F3N5O2S. The van der Waals surface area contributed by atoms with E-state index in [2.05, 4.69) is 14.7 Å². The maximum atomic E-state index is 12.6. The molecule has 1 aliphatic rings. The van der Waals surface area contributed by atoms with E-state index in [1.54, 1.807) is 11.9 Å². The maximum absolute atomic E-state index is 12.6. The molecule has 1 aliphatic heterocycles. The Balaban J connectivity index is 1.66. The SMILES string of the molecule is Cn1cnc(S(=O)(=O)NC2CCN(c3ccc(C(F)(F)F)cn3)C2)c1. The quantitative estimate of drug-likeness (QED) is 0.874. The lowest BCUT2D eigenvalue weighted by Gasteiger charge is -2.18. The Morgan fingerprint density at radius 3 is 2.60 bits per heavy atom. The molecule has 0 radical (unpaired) electrons. The summed E-state index contributed by atoms with van der Waals surface area (Å²) in [5.41, 5.74) is -0.817. The second-order valence-electron chi connectivity index (χ2n) is 5.83. The Kier molecular flexibility index (Phi) is 4.45. The summed E-state index contributed by atoms with van der Waals surface area (Å²) < 4.78 is 66.3. The van der Waals surface area contributed by atoms with E-state index in [-0.39, 0.29) is 11.1 Å². The number of hydrogen-bond donors (Lipinski definition) is 1. The van der Waals surface area contributed by atoms with Crippen molar-refractivity contribution in [1.29, 1.82) is 0 Å². The summed E-state index contributed by atoms with van der Waals surface area (Å²) in [6.07, 6.45) is -0.346. The van der Waals surface area contributed by atoms with Gasteiger partial charge in [-0.15, -0.1) is 0 Å². The van der Waals surface area contributed by atoms with Crippen LogP contribution in [-0.4, -0.2) is 42.1 Å². The Morgan fingerprint density at radius 2 is 2.04 bits per heavy atom. The van der Waals surface area contributed by atoms with Crippen LogP contribution < -0.4 is 9.62 Å². The molecule has 7 nitrogen and oxygen atoms in total. The molecule has 0 spiro atoms. The second kappa shape index (κ2) is 6.30. The van der Waals surface area contributed by atoms with E-state index < -0.39 is 21.8 Å². The predicted molar refractivity (Wildman–Crippen MR) is 83.4 cm³/mol. The third kappa shape index (κ3) is 3.93. The molecule has 1 N–H and O–H groups in total. The highest BCUT2D eigenvalue weighted by Crippen LogP contribution is 2.30. The zero-order valence-electron chi connectivity index (χ0n) is 13.2. The fraction of sp³-hybridized carbons (Fsp3) is 0.429. The average Bonchev–Trinajstić information content (AvgIpc) is 3.16. The van der Waals surface area contributed by atoms with E-state index in [4.69, 9.17) is 0 Å². The summed E-state index contributed by atoms with van der Waals surface area (Å²) in [5.74, 6) is 0.382. The van der Waals surface area contributed by atoms with E-state index in [1.165, 1.54) is 23.2 Å². The lowest BCUT2D eigenvalue weighted by Crippen LogP contribution is -2.37. The topological polar surface area (TPSA) is 80.1 Å². The van der Waals surface area contributed by atoms with Crippen LogP contribution in [0.5, 0.6) is 0 Å². The molecule has 0 aliphatic carbocycles. The number of anilines is 1. The van der Waals surface area contributed by atoms with Crippen molar-refractivity contribution in [2.45, 2.75) is 23.7 Å². The van der Waals surface area contributed by atoms with Crippen molar-refractivity contribution in [3.8, 4) is 0 Å². The number of imidazole rings is 1. The lowest BCUT2D eigenvalue weighted by molar-refractivity contribution is -0.137. The summed E-state index contributed by atoms with van der Waals surface area (Å²) in [7, 11) is -2.07. The smallest absolute Gasteiger partial charge is 0.355 e. The molecular weight excluding hydrogens is 359 g/mol. The van der Waals surface area contributed by atoms with Crippen molar-refractivity contribution in [3.05, 3.63) is 36.4 Å². The molecule has 3 rings (SSSR count).